The molecule has 2 rings (SSSR count). The van der Waals surface area contributed by atoms with Gasteiger partial charge in [0.25, 0.3) is 0 Å². The molecule has 1 amide bonds. The number of nitrogens with two attached hydrogens (primary N) is 1. The molecule has 1 aliphatic rings. The molecule has 0 radical (unpaired) electrons. The second-order valence-electron chi connectivity index (χ2n) is 4.61. The van der Waals surface area contributed by atoms with Gasteiger partial charge in [0.1, 0.15) is 5.82 Å². The minimum absolute atomic E-state index is 0.146. The van der Waals surface area contributed by atoms with Crippen LogP contribution in [0.4, 0.5) is 10.1 Å². The van der Waals surface area contributed by atoms with Crippen molar-refractivity contribution in [3.8, 4) is 0 Å². The summed E-state index contributed by atoms with van der Waals surface area (Å²) in [7, 11) is 0. The Hall–Kier alpha value is -1.58. The zero-order valence-electron chi connectivity index (χ0n) is 9.95. The van der Waals surface area contributed by atoms with E-state index in [-0.39, 0.29) is 11.6 Å². The lowest BCUT2D eigenvalue weighted by Crippen LogP contribution is -2.24. The van der Waals surface area contributed by atoms with E-state index in [1.807, 2.05) is 0 Å². The Kier molecular flexibility index (Phi) is 3.31. The molecule has 0 saturated carbocycles. The van der Waals surface area contributed by atoms with E-state index in [9.17, 15) is 9.18 Å². The minimum Gasteiger partial charge on any atom is -0.396 e. The lowest BCUT2D eigenvalue weighted by Gasteiger charge is -2.16. The lowest BCUT2D eigenvalue weighted by atomic mass is 10.1. The molecule has 1 fully saturated rings. The Morgan fingerprint density at radius 2 is 2.29 bits per heavy atom. The van der Waals surface area contributed by atoms with E-state index in [1.165, 1.54) is 6.07 Å². The maximum absolute atomic E-state index is 13.3. The molecular formula is C13H17FN2O. The van der Waals surface area contributed by atoms with E-state index in [1.54, 1.807) is 17.0 Å². The van der Waals surface area contributed by atoms with Gasteiger partial charge < -0.3 is 10.6 Å². The van der Waals surface area contributed by atoms with Gasteiger partial charge in [0, 0.05) is 19.5 Å². The summed E-state index contributed by atoms with van der Waals surface area (Å²) in [5.74, 6) is 0.191. The number of amides is 1. The third-order valence-corrected chi connectivity index (χ3v) is 3.31. The number of nitrogens with zero attached hydrogens (tertiary/aromatic N) is 1. The van der Waals surface area contributed by atoms with E-state index in [2.05, 4.69) is 6.92 Å². The third kappa shape index (κ3) is 2.57. The number of hydrogen-bond donors (Lipinski definition) is 1. The molecule has 1 aromatic rings. The molecule has 0 aliphatic carbocycles. The Labute approximate surface area is 100 Å². The number of carbonyl (C=O) groups is 1. The number of likely N-dealkylation sites (tertiary alicyclic amines) is 1. The van der Waals surface area contributed by atoms with Crippen LogP contribution in [0, 0.1) is 11.7 Å². The average Bonchev–Trinajstić information content (AvgIpc) is 2.65. The highest BCUT2D eigenvalue weighted by Gasteiger charge is 2.28. The van der Waals surface area contributed by atoms with Gasteiger partial charge in [-0.3, -0.25) is 4.79 Å². The van der Waals surface area contributed by atoms with Crippen LogP contribution in [0.15, 0.2) is 18.2 Å². The molecule has 1 unspecified atom stereocenters. The van der Waals surface area contributed by atoms with Gasteiger partial charge in [-0.2, -0.15) is 0 Å². The van der Waals surface area contributed by atoms with Crippen molar-refractivity contribution < 1.29 is 9.18 Å². The van der Waals surface area contributed by atoms with E-state index in [0.29, 0.717) is 18.9 Å². The van der Waals surface area contributed by atoms with Gasteiger partial charge in [-0.1, -0.05) is 19.4 Å². The fraction of sp³-hybridized carbons (Fsp3) is 0.462. The summed E-state index contributed by atoms with van der Waals surface area (Å²) >= 11 is 0. The highest BCUT2D eigenvalue weighted by atomic mass is 19.1. The quantitative estimate of drug-likeness (QED) is 0.817. The van der Waals surface area contributed by atoms with Crippen molar-refractivity contribution in [2.24, 2.45) is 5.92 Å². The van der Waals surface area contributed by atoms with Gasteiger partial charge in [0.05, 0.1) is 5.69 Å². The minimum atomic E-state index is -0.416. The second kappa shape index (κ2) is 4.73. The largest absolute Gasteiger partial charge is 0.396 e. The van der Waals surface area contributed by atoms with Crippen molar-refractivity contribution in [3.05, 3.63) is 29.6 Å². The SMILES string of the molecule is CCC1CC(=O)N(Cc2ccc(N)c(F)c2)C1. The maximum atomic E-state index is 13.3. The van der Waals surface area contributed by atoms with Crippen LogP contribution in [0.25, 0.3) is 0 Å². The molecule has 92 valence electrons. The number of benzene rings is 1. The fourth-order valence-corrected chi connectivity index (χ4v) is 2.17. The van der Waals surface area contributed by atoms with Crippen molar-refractivity contribution in [2.75, 3.05) is 12.3 Å². The van der Waals surface area contributed by atoms with Crippen LogP contribution < -0.4 is 5.73 Å². The Balaban J connectivity index is 2.06. The Morgan fingerprint density at radius 3 is 2.88 bits per heavy atom. The first-order valence-corrected chi connectivity index (χ1v) is 5.91. The molecule has 17 heavy (non-hydrogen) atoms. The molecular weight excluding hydrogens is 219 g/mol. The normalized spacial score (nSPS) is 20.0. The first kappa shape index (κ1) is 11.9. The van der Waals surface area contributed by atoms with E-state index >= 15 is 0 Å². The van der Waals surface area contributed by atoms with Gasteiger partial charge >= 0.3 is 0 Å². The van der Waals surface area contributed by atoms with Crippen molar-refractivity contribution in [1.82, 2.24) is 4.90 Å². The van der Waals surface area contributed by atoms with Gasteiger partial charge in [0.15, 0.2) is 0 Å². The first-order valence-electron chi connectivity index (χ1n) is 5.91. The number of halogens is 1. The summed E-state index contributed by atoms with van der Waals surface area (Å²) in [4.78, 5) is 13.5. The van der Waals surface area contributed by atoms with Crippen molar-refractivity contribution >= 4 is 11.6 Å². The van der Waals surface area contributed by atoms with E-state index < -0.39 is 5.82 Å². The molecule has 1 heterocycles. The van der Waals surface area contributed by atoms with Crippen molar-refractivity contribution in [1.29, 1.82) is 0 Å². The number of carbonyl (C=O) groups excluding carboxylic acids is 1. The van der Waals surface area contributed by atoms with Crippen LogP contribution in [0.2, 0.25) is 0 Å². The first-order chi connectivity index (χ1) is 8.10. The molecule has 1 saturated heterocycles. The molecule has 0 aromatic heterocycles. The average molecular weight is 236 g/mol. The molecule has 1 atom stereocenters. The smallest absolute Gasteiger partial charge is 0.223 e. The van der Waals surface area contributed by atoms with E-state index in [4.69, 9.17) is 5.73 Å². The molecule has 2 N–H and O–H groups in total. The molecule has 4 heteroatoms. The standard InChI is InChI=1S/C13H17FN2O/c1-2-9-6-13(17)16(7-9)8-10-3-4-12(15)11(14)5-10/h3-5,9H,2,6-8,15H2,1H3. The summed E-state index contributed by atoms with van der Waals surface area (Å²) in [6, 6.07) is 4.72. The van der Waals surface area contributed by atoms with Crippen LogP contribution in [-0.2, 0) is 11.3 Å². The van der Waals surface area contributed by atoms with Crippen LogP contribution in [0.3, 0.4) is 0 Å². The number of nitrogen functional groups attached to an aromatic ring is 1. The van der Waals surface area contributed by atoms with Crippen LogP contribution in [-0.4, -0.2) is 17.4 Å². The fourth-order valence-electron chi connectivity index (χ4n) is 2.17. The van der Waals surface area contributed by atoms with Crippen molar-refractivity contribution in [2.45, 2.75) is 26.3 Å². The predicted octanol–water partition coefficient (Wildman–Crippen LogP) is 2.17. The Bertz CT molecular complexity index is 433. The summed E-state index contributed by atoms with van der Waals surface area (Å²) in [5, 5.41) is 0. The van der Waals surface area contributed by atoms with Crippen LogP contribution in [0.1, 0.15) is 25.3 Å². The van der Waals surface area contributed by atoms with E-state index in [0.717, 1.165) is 18.5 Å². The summed E-state index contributed by atoms with van der Waals surface area (Å²) in [6.45, 7) is 3.35. The number of anilines is 1. The van der Waals surface area contributed by atoms with Gasteiger partial charge in [-0.25, -0.2) is 4.39 Å². The van der Waals surface area contributed by atoms with Gasteiger partial charge in [-0.05, 0) is 23.6 Å². The molecule has 1 aromatic carbocycles. The molecule has 3 nitrogen and oxygen atoms in total. The summed E-state index contributed by atoms with van der Waals surface area (Å²) < 4.78 is 13.3. The third-order valence-electron chi connectivity index (χ3n) is 3.31. The molecule has 1 aliphatic heterocycles. The van der Waals surface area contributed by atoms with Crippen molar-refractivity contribution in [3.63, 3.8) is 0 Å². The van der Waals surface area contributed by atoms with Gasteiger partial charge in [0.2, 0.25) is 5.91 Å². The monoisotopic (exact) mass is 236 g/mol. The van der Waals surface area contributed by atoms with Gasteiger partial charge in [-0.15, -0.1) is 0 Å². The zero-order valence-corrected chi connectivity index (χ0v) is 9.95. The van der Waals surface area contributed by atoms with Crippen LogP contribution in [0.5, 0.6) is 0 Å². The Morgan fingerprint density at radius 1 is 1.53 bits per heavy atom. The zero-order chi connectivity index (χ0) is 12.4. The molecule has 0 spiro atoms. The second-order valence-corrected chi connectivity index (χ2v) is 4.61. The number of hydrogen-bond acceptors (Lipinski definition) is 2. The lowest BCUT2D eigenvalue weighted by molar-refractivity contribution is -0.128. The topological polar surface area (TPSA) is 46.3 Å². The highest BCUT2D eigenvalue weighted by Crippen LogP contribution is 2.23. The summed E-state index contributed by atoms with van der Waals surface area (Å²) in [5.41, 5.74) is 6.35. The number of rotatable bonds is 3. The maximum Gasteiger partial charge on any atom is 0.223 e. The predicted molar refractivity (Wildman–Crippen MR) is 64.6 cm³/mol. The summed E-state index contributed by atoms with van der Waals surface area (Å²) in [6.07, 6.45) is 1.63. The van der Waals surface area contributed by atoms with Crippen LogP contribution >= 0.6 is 0 Å². The highest BCUT2D eigenvalue weighted by molar-refractivity contribution is 5.78. The molecule has 0 bridgehead atoms.